The second kappa shape index (κ2) is 7.54. The molecule has 7 heteroatoms. The summed E-state index contributed by atoms with van der Waals surface area (Å²) in [6, 6.07) is 7.50. The molecule has 1 amide bonds. The average Bonchev–Trinajstić information content (AvgIpc) is 3.07. The highest BCUT2D eigenvalue weighted by molar-refractivity contribution is 6.32. The molecule has 1 aromatic heterocycles. The number of benzene rings is 1. The Morgan fingerprint density at radius 1 is 1.36 bits per heavy atom. The number of likely N-dealkylation sites (tertiary alicyclic amines) is 1. The standard InChI is InChI=1S/C18H24ClN5O/c1-12(2)17-21-16(18(25)23-10-6-5-7-13(23)11-20)22-24(17)15-9-4-3-8-14(15)19/h3-4,8-9,12-13H,5-7,10-11,20H2,1-2H3. The molecule has 0 spiro atoms. The lowest BCUT2D eigenvalue weighted by atomic mass is 10.0. The lowest BCUT2D eigenvalue weighted by molar-refractivity contribution is 0.0610. The van der Waals surface area contributed by atoms with Crippen LogP contribution in [0.15, 0.2) is 24.3 Å². The van der Waals surface area contributed by atoms with Crippen molar-refractivity contribution in [1.29, 1.82) is 0 Å². The van der Waals surface area contributed by atoms with Crippen molar-refractivity contribution < 1.29 is 4.79 Å². The van der Waals surface area contributed by atoms with Crippen LogP contribution < -0.4 is 5.73 Å². The normalized spacial score (nSPS) is 18.0. The molecule has 25 heavy (non-hydrogen) atoms. The van der Waals surface area contributed by atoms with E-state index in [9.17, 15) is 4.79 Å². The number of rotatable bonds is 4. The summed E-state index contributed by atoms with van der Waals surface area (Å²) >= 11 is 6.32. The monoisotopic (exact) mass is 361 g/mol. The van der Waals surface area contributed by atoms with Gasteiger partial charge in [0, 0.05) is 25.0 Å². The summed E-state index contributed by atoms with van der Waals surface area (Å²) in [5.74, 6) is 0.890. The first-order valence-electron chi connectivity index (χ1n) is 8.75. The molecule has 2 heterocycles. The minimum atomic E-state index is -0.150. The van der Waals surface area contributed by atoms with Gasteiger partial charge in [0.15, 0.2) is 0 Å². The molecule has 0 bridgehead atoms. The van der Waals surface area contributed by atoms with Crippen LogP contribution in [0.2, 0.25) is 5.02 Å². The number of piperidine rings is 1. The molecule has 0 radical (unpaired) electrons. The number of nitrogens with two attached hydrogens (primary N) is 1. The topological polar surface area (TPSA) is 77.0 Å². The van der Waals surface area contributed by atoms with Gasteiger partial charge in [0.1, 0.15) is 5.82 Å². The Morgan fingerprint density at radius 3 is 2.80 bits per heavy atom. The highest BCUT2D eigenvalue weighted by Gasteiger charge is 2.30. The Kier molecular flexibility index (Phi) is 5.39. The van der Waals surface area contributed by atoms with Crippen molar-refractivity contribution >= 4 is 17.5 Å². The smallest absolute Gasteiger partial charge is 0.293 e. The molecule has 1 saturated heterocycles. The van der Waals surface area contributed by atoms with Crippen molar-refractivity contribution in [3.8, 4) is 5.69 Å². The third-order valence-corrected chi connectivity index (χ3v) is 4.90. The molecular formula is C18H24ClN5O. The Bertz CT molecular complexity index is 758. The van der Waals surface area contributed by atoms with Crippen LogP contribution in [0.3, 0.4) is 0 Å². The molecule has 2 N–H and O–H groups in total. The number of hydrogen-bond acceptors (Lipinski definition) is 4. The fourth-order valence-corrected chi connectivity index (χ4v) is 3.45. The summed E-state index contributed by atoms with van der Waals surface area (Å²) < 4.78 is 1.68. The summed E-state index contributed by atoms with van der Waals surface area (Å²) in [7, 11) is 0. The lowest BCUT2D eigenvalue weighted by Gasteiger charge is -2.34. The Labute approximate surface area is 153 Å². The van der Waals surface area contributed by atoms with Gasteiger partial charge in [0.2, 0.25) is 5.82 Å². The molecule has 134 valence electrons. The molecule has 6 nitrogen and oxygen atoms in total. The zero-order valence-electron chi connectivity index (χ0n) is 14.7. The summed E-state index contributed by atoms with van der Waals surface area (Å²) in [6.07, 6.45) is 3.03. The van der Waals surface area contributed by atoms with Gasteiger partial charge in [0.05, 0.1) is 10.7 Å². The first-order chi connectivity index (χ1) is 12.0. The minimum absolute atomic E-state index is 0.0658. The molecule has 2 aromatic rings. The minimum Gasteiger partial charge on any atom is -0.332 e. The summed E-state index contributed by atoms with van der Waals surface area (Å²) in [6.45, 7) is 5.22. The summed E-state index contributed by atoms with van der Waals surface area (Å²) in [5.41, 5.74) is 6.58. The van der Waals surface area contributed by atoms with Crippen LogP contribution in [-0.2, 0) is 0 Å². The van der Waals surface area contributed by atoms with Crippen molar-refractivity contribution in [2.24, 2.45) is 5.73 Å². The highest BCUT2D eigenvalue weighted by atomic mass is 35.5. The third kappa shape index (κ3) is 3.55. The second-order valence-corrected chi connectivity index (χ2v) is 7.10. The van der Waals surface area contributed by atoms with Crippen molar-refractivity contribution in [3.63, 3.8) is 0 Å². The predicted octanol–water partition coefficient (Wildman–Crippen LogP) is 3.00. The van der Waals surface area contributed by atoms with Gasteiger partial charge in [-0.15, -0.1) is 5.10 Å². The number of halogens is 1. The second-order valence-electron chi connectivity index (χ2n) is 6.70. The Morgan fingerprint density at radius 2 is 2.12 bits per heavy atom. The molecule has 1 aliphatic heterocycles. The van der Waals surface area contributed by atoms with Gasteiger partial charge in [-0.25, -0.2) is 9.67 Å². The fraction of sp³-hybridized carbons (Fsp3) is 0.500. The van der Waals surface area contributed by atoms with Crippen LogP contribution >= 0.6 is 11.6 Å². The number of nitrogens with zero attached hydrogens (tertiary/aromatic N) is 4. The molecule has 1 fully saturated rings. The number of hydrogen-bond donors (Lipinski definition) is 1. The summed E-state index contributed by atoms with van der Waals surface area (Å²) in [4.78, 5) is 19.3. The quantitative estimate of drug-likeness (QED) is 0.908. The van der Waals surface area contributed by atoms with Crippen molar-refractivity contribution in [3.05, 3.63) is 40.9 Å². The maximum absolute atomic E-state index is 13.0. The van der Waals surface area contributed by atoms with E-state index in [1.807, 2.05) is 36.9 Å². The maximum atomic E-state index is 13.0. The molecule has 1 aliphatic rings. The average molecular weight is 362 g/mol. The highest BCUT2D eigenvalue weighted by Crippen LogP contribution is 2.25. The molecule has 0 aliphatic carbocycles. The largest absolute Gasteiger partial charge is 0.332 e. The van der Waals surface area contributed by atoms with Crippen LogP contribution in [0.4, 0.5) is 0 Å². The molecule has 3 rings (SSSR count). The van der Waals surface area contributed by atoms with E-state index < -0.39 is 0 Å². The third-order valence-electron chi connectivity index (χ3n) is 4.58. The van der Waals surface area contributed by atoms with Gasteiger partial charge in [-0.3, -0.25) is 4.79 Å². The molecular weight excluding hydrogens is 338 g/mol. The van der Waals surface area contributed by atoms with E-state index in [0.29, 0.717) is 18.1 Å². The van der Waals surface area contributed by atoms with Crippen LogP contribution in [0.1, 0.15) is 55.5 Å². The molecule has 0 saturated carbocycles. The summed E-state index contributed by atoms with van der Waals surface area (Å²) in [5, 5.41) is 5.07. The van der Waals surface area contributed by atoms with Crippen LogP contribution in [0.25, 0.3) is 5.69 Å². The van der Waals surface area contributed by atoms with Gasteiger partial charge in [0.25, 0.3) is 5.91 Å². The van der Waals surface area contributed by atoms with Crippen LogP contribution in [-0.4, -0.2) is 44.7 Å². The zero-order valence-corrected chi connectivity index (χ0v) is 15.4. The number of para-hydroxylation sites is 1. The first kappa shape index (κ1) is 17.9. The van der Waals surface area contributed by atoms with E-state index in [1.165, 1.54) is 0 Å². The van der Waals surface area contributed by atoms with Crippen molar-refractivity contribution in [2.75, 3.05) is 13.1 Å². The lowest BCUT2D eigenvalue weighted by Crippen LogP contribution is -2.47. The fourth-order valence-electron chi connectivity index (χ4n) is 3.23. The predicted molar refractivity (Wildman–Crippen MR) is 98.2 cm³/mol. The molecule has 1 unspecified atom stereocenters. The van der Waals surface area contributed by atoms with Crippen molar-refractivity contribution in [2.45, 2.75) is 45.1 Å². The van der Waals surface area contributed by atoms with Gasteiger partial charge < -0.3 is 10.6 Å². The van der Waals surface area contributed by atoms with Crippen LogP contribution in [0.5, 0.6) is 0 Å². The zero-order chi connectivity index (χ0) is 18.0. The number of amides is 1. The maximum Gasteiger partial charge on any atom is 0.293 e. The molecule has 1 atom stereocenters. The van der Waals surface area contributed by atoms with E-state index in [4.69, 9.17) is 17.3 Å². The Hall–Kier alpha value is -1.92. The SMILES string of the molecule is CC(C)c1nc(C(=O)N2CCCCC2CN)nn1-c1ccccc1Cl. The van der Waals surface area contributed by atoms with Crippen LogP contribution in [0, 0.1) is 0 Å². The number of aromatic nitrogens is 3. The van der Waals surface area contributed by atoms with E-state index >= 15 is 0 Å². The van der Waals surface area contributed by atoms with Gasteiger partial charge >= 0.3 is 0 Å². The number of carbonyl (C=O) groups excluding carboxylic acids is 1. The van der Waals surface area contributed by atoms with Gasteiger partial charge in [-0.2, -0.15) is 0 Å². The first-order valence-corrected chi connectivity index (χ1v) is 9.13. The van der Waals surface area contributed by atoms with E-state index in [2.05, 4.69) is 10.1 Å². The van der Waals surface area contributed by atoms with Gasteiger partial charge in [-0.1, -0.05) is 37.6 Å². The van der Waals surface area contributed by atoms with E-state index in [0.717, 1.165) is 30.8 Å². The number of carbonyl (C=O) groups is 1. The molecule has 1 aromatic carbocycles. The van der Waals surface area contributed by atoms with E-state index in [1.54, 1.807) is 10.7 Å². The Balaban J connectivity index is 1.99. The van der Waals surface area contributed by atoms with Gasteiger partial charge in [-0.05, 0) is 31.4 Å². The van der Waals surface area contributed by atoms with Crippen molar-refractivity contribution in [1.82, 2.24) is 19.7 Å². The van der Waals surface area contributed by atoms with E-state index in [-0.39, 0.29) is 23.7 Å².